The fourth-order valence-corrected chi connectivity index (χ4v) is 3.48. The van der Waals surface area contributed by atoms with Gasteiger partial charge in [-0.05, 0) is 56.4 Å². The number of nitrogens with zero attached hydrogens (tertiary/aromatic N) is 1. The molecule has 2 aromatic carbocycles. The summed E-state index contributed by atoms with van der Waals surface area (Å²) < 4.78 is 5.33. The van der Waals surface area contributed by atoms with Crippen molar-refractivity contribution in [2.75, 3.05) is 7.11 Å². The van der Waals surface area contributed by atoms with Gasteiger partial charge in [-0.25, -0.2) is 0 Å². The van der Waals surface area contributed by atoms with Crippen molar-refractivity contribution in [1.29, 1.82) is 0 Å². The highest BCUT2D eigenvalue weighted by Crippen LogP contribution is 2.19. The number of amides is 2. The minimum Gasteiger partial charge on any atom is -0.497 e. The highest BCUT2D eigenvalue weighted by Gasteiger charge is 2.29. The van der Waals surface area contributed by atoms with Crippen molar-refractivity contribution < 1.29 is 14.3 Å². The summed E-state index contributed by atoms with van der Waals surface area (Å²) in [6, 6.07) is 15.5. The molecule has 0 aliphatic carbocycles. The average Bonchev–Trinajstić information content (AvgIpc) is 2.78. The van der Waals surface area contributed by atoms with Gasteiger partial charge >= 0.3 is 0 Å². The van der Waals surface area contributed by atoms with Crippen LogP contribution in [0.25, 0.3) is 0 Å². The van der Waals surface area contributed by atoms with Crippen molar-refractivity contribution in [2.45, 2.75) is 72.0 Å². The maximum absolute atomic E-state index is 13.3. The lowest BCUT2D eigenvalue weighted by Gasteiger charge is -2.31. The zero-order chi connectivity index (χ0) is 22.8. The van der Waals surface area contributed by atoms with Crippen molar-refractivity contribution in [3.63, 3.8) is 0 Å². The molecule has 2 rings (SSSR count). The molecule has 0 saturated carbocycles. The molecule has 0 saturated heterocycles. The Balaban J connectivity index is 2.22. The van der Waals surface area contributed by atoms with Crippen LogP contribution in [0.3, 0.4) is 0 Å². The number of carbonyl (C=O) groups excluding carboxylic acids is 2. The molecule has 2 atom stereocenters. The van der Waals surface area contributed by atoms with E-state index in [4.69, 9.17) is 4.74 Å². The monoisotopic (exact) mass is 424 g/mol. The quantitative estimate of drug-likeness (QED) is 0.571. The summed E-state index contributed by atoms with van der Waals surface area (Å²) in [6.07, 6.45) is 2.42. The van der Waals surface area contributed by atoms with E-state index in [1.165, 1.54) is 5.56 Å². The minimum atomic E-state index is -0.509. The van der Waals surface area contributed by atoms with Crippen molar-refractivity contribution in [3.05, 3.63) is 65.2 Å². The molecule has 168 valence electrons. The van der Waals surface area contributed by atoms with Gasteiger partial charge in [-0.3, -0.25) is 9.59 Å². The second-order valence-corrected chi connectivity index (χ2v) is 8.10. The molecular weight excluding hydrogens is 388 g/mol. The summed E-state index contributed by atoms with van der Waals surface area (Å²) in [5, 5.41) is 3.05. The van der Waals surface area contributed by atoms with E-state index in [9.17, 15) is 9.59 Å². The van der Waals surface area contributed by atoms with Crippen LogP contribution in [0, 0.1) is 6.92 Å². The number of methoxy groups -OCH3 is 1. The summed E-state index contributed by atoms with van der Waals surface area (Å²) in [5.41, 5.74) is 3.26. The van der Waals surface area contributed by atoms with Crippen molar-refractivity contribution in [3.8, 4) is 5.75 Å². The smallest absolute Gasteiger partial charge is 0.243 e. The predicted octanol–water partition coefficient (Wildman–Crippen LogP) is 4.66. The molecule has 0 spiro atoms. The lowest BCUT2D eigenvalue weighted by atomic mass is 10.0. The Hall–Kier alpha value is -2.82. The van der Waals surface area contributed by atoms with Crippen LogP contribution in [0.2, 0.25) is 0 Å². The number of hydrogen-bond donors (Lipinski definition) is 1. The third-order valence-electron chi connectivity index (χ3n) is 5.62. The second kappa shape index (κ2) is 12.1. The molecule has 0 unspecified atom stereocenters. The Morgan fingerprint density at radius 2 is 1.74 bits per heavy atom. The van der Waals surface area contributed by atoms with Crippen LogP contribution in [-0.4, -0.2) is 35.9 Å². The molecule has 5 nitrogen and oxygen atoms in total. The van der Waals surface area contributed by atoms with Crippen LogP contribution in [0.4, 0.5) is 0 Å². The lowest BCUT2D eigenvalue weighted by molar-refractivity contribution is -0.141. The Bertz CT molecular complexity index is 848. The van der Waals surface area contributed by atoms with Gasteiger partial charge in [-0.2, -0.15) is 0 Å². The van der Waals surface area contributed by atoms with Gasteiger partial charge in [0.25, 0.3) is 0 Å². The summed E-state index contributed by atoms with van der Waals surface area (Å²) >= 11 is 0. The molecule has 0 radical (unpaired) electrons. The fraction of sp³-hybridized carbons (Fsp3) is 0.462. The van der Waals surface area contributed by atoms with E-state index in [1.807, 2.05) is 52.0 Å². The van der Waals surface area contributed by atoms with Crippen LogP contribution in [0.1, 0.15) is 56.7 Å². The molecule has 2 aromatic rings. The van der Waals surface area contributed by atoms with Crippen LogP contribution < -0.4 is 10.1 Å². The van der Waals surface area contributed by atoms with Gasteiger partial charge in [0.1, 0.15) is 11.8 Å². The largest absolute Gasteiger partial charge is 0.497 e. The Morgan fingerprint density at radius 3 is 2.35 bits per heavy atom. The normalized spacial score (nSPS) is 12.7. The molecule has 5 heteroatoms. The van der Waals surface area contributed by atoms with E-state index in [1.54, 1.807) is 12.0 Å². The number of nitrogens with one attached hydrogen (secondary N) is 1. The van der Waals surface area contributed by atoms with Gasteiger partial charge in [0.05, 0.1) is 7.11 Å². The molecule has 0 aliphatic heterocycles. The molecule has 0 aromatic heterocycles. The van der Waals surface area contributed by atoms with Crippen molar-refractivity contribution in [2.24, 2.45) is 0 Å². The van der Waals surface area contributed by atoms with Crippen LogP contribution in [-0.2, 0) is 22.6 Å². The Morgan fingerprint density at radius 1 is 1.03 bits per heavy atom. The third-order valence-corrected chi connectivity index (χ3v) is 5.62. The first-order valence-electron chi connectivity index (χ1n) is 11.2. The highest BCUT2D eigenvalue weighted by atomic mass is 16.5. The summed E-state index contributed by atoms with van der Waals surface area (Å²) in [7, 11) is 1.62. The zero-order valence-corrected chi connectivity index (χ0v) is 19.5. The first kappa shape index (κ1) is 24.4. The molecule has 0 aliphatic rings. The standard InChI is InChI=1S/C26H36N2O3/c1-6-20(4)27-26(30)24(7-2)28(18-22-9-8-10-23(17-22)31-5)25(29)16-15-21-13-11-19(3)12-14-21/h8-14,17,20,24H,6-7,15-16,18H2,1-5H3,(H,27,30)/t20-,24+/m1/s1. The van der Waals surface area contributed by atoms with E-state index in [0.29, 0.717) is 25.8 Å². The van der Waals surface area contributed by atoms with Gasteiger partial charge in [0, 0.05) is 19.0 Å². The average molecular weight is 425 g/mol. The molecule has 1 N–H and O–H groups in total. The number of hydrogen-bond acceptors (Lipinski definition) is 3. The van der Waals surface area contributed by atoms with Gasteiger partial charge in [-0.15, -0.1) is 0 Å². The molecule has 0 fully saturated rings. The van der Waals surface area contributed by atoms with E-state index in [2.05, 4.69) is 29.6 Å². The molecule has 31 heavy (non-hydrogen) atoms. The topological polar surface area (TPSA) is 58.6 Å². The second-order valence-electron chi connectivity index (χ2n) is 8.10. The van der Waals surface area contributed by atoms with Crippen LogP contribution >= 0.6 is 0 Å². The lowest BCUT2D eigenvalue weighted by Crippen LogP contribution is -2.50. The first-order chi connectivity index (χ1) is 14.9. The van der Waals surface area contributed by atoms with Crippen LogP contribution in [0.15, 0.2) is 48.5 Å². The van der Waals surface area contributed by atoms with Gasteiger partial charge < -0.3 is 15.0 Å². The van der Waals surface area contributed by atoms with Crippen molar-refractivity contribution in [1.82, 2.24) is 10.2 Å². The van der Waals surface area contributed by atoms with E-state index in [0.717, 1.165) is 23.3 Å². The number of ether oxygens (including phenoxy) is 1. The first-order valence-corrected chi connectivity index (χ1v) is 11.2. The van der Waals surface area contributed by atoms with E-state index >= 15 is 0 Å². The number of carbonyl (C=O) groups is 2. The molecule has 0 heterocycles. The molecule has 2 amide bonds. The zero-order valence-electron chi connectivity index (χ0n) is 19.5. The predicted molar refractivity (Wildman–Crippen MR) is 125 cm³/mol. The maximum atomic E-state index is 13.3. The maximum Gasteiger partial charge on any atom is 0.243 e. The van der Waals surface area contributed by atoms with Gasteiger partial charge in [0.2, 0.25) is 11.8 Å². The van der Waals surface area contributed by atoms with E-state index < -0.39 is 6.04 Å². The fourth-order valence-electron chi connectivity index (χ4n) is 3.48. The van der Waals surface area contributed by atoms with Crippen LogP contribution in [0.5, 0.6) is 5.75 Å². The SMILES string of the molecule is CC[C@@H](C)NC(=O)[C@H](CC)N(Cc1cccc(OC)c1)C(=O)CCc1ccc(C)cc1. The number of rotatable bonds is 11. The minimum absolute atomic E-state index is 0.0189. The van der Waals surface area contributed by atoms with E-state index in [-0.39, 0.29) is 17.9 Å². The highest BCUT2D eigenvalue weighted by molar-refractivity contribution is 5.88. The van der Waals surface area contributed by atoms with Crippen molar-refractivity contribution >= 4 is 11.8 Å². The summed E-state index contributed by atoms with van der Waals surface area (Å²) in [4.78, 5) is 28.0. The molecular formula is C26H36N2O3. The molecule has 0 bridgehead atoms. The number of aryl methyl sites for hydroxylation is 2. The van der Waals surface area contributed by atoms with Gasteiger partial charge in [0.15, 0.2) is 0 Å². The Labute approximate surface area is 186 Å². The summed E-state index contributed by atoms with van der Waals surface area (Å²) in [6.45, 7) is 8.39. The Kier molecular flexibility index (Phi) is 9.57. The third kappa shape index (κ3) is 7.42. The summed E-state index contributed by atoms with van der Waals surface area (Å²) in [5.74, 6) is 0.625. The van der Waals surface area contributed by atoms with Gasteiger partial charge in [-0.1, -0.05) is 55.8 Å². The number of benzene rings is 2.